The lowest BCUT2D eigenvalue weighted by Crippen LogP contribution is -1.97. The van der Waals surface area contributed by atoms with Crippen molar-refractivity contribution in [3.05, 3.63) is 44.6 Å². The number of thiazole rings is 1. The summed E-state index contributed by atoms with van der Waals surface area (Å²) < 4.78 is 19.5. The number of hydrogen-bond acceptors (Lipinski definition) is 3. The molecule has 0 radical (unpaired) electrons. The van der Waals surface area contributed by atoms with E-state index in [-0.39, 0.29) is 18.2 Å². The summed E-state index contributed by atoms with van der Waals surface area (Å²) in [4.78, 5) is 4.24. The molecule has 0 saturated heterocycles. The molecule has 0 saturated carbocycles. The fraction of sp³-hybridized carbons (Fsp3) is 0.182. The zero-order valence-corrected chi connectivity index (χ0v) is 10.9. The summed E-state index contributed by atoms with van der Waals surface area (Å²) in [5, 5.41) is 2.89. The van der Waals surface area contributed by atoms with Gasteiger partial charge in [0.1, 0.15) is 6.61 Å². The first-order valence-electron chi connectivity index (χ1n) is 4.64. The Kier molecular flexibility index (Phi) is 3.56. The molecule has 0 N–H and O–H groups in total. The van der Waals surface area contributed by atoms with Crippen LogP contribution >= 0.6 is 27.3 Å². The first-order chi connectivity index (χ1) is 7.65. The van der Waals surface area contributed by atoms with Crippen molar-refractivity contribution in [2.45, 2.75) is 13.5 Å². The third-order valence-corrected chi connectivity index (χ3v) is 3.25. The third-order valence-electron chi connectivity index (χ3n) is 1.94. The van der Waals surface area contributed by atoms with Crippen LogP contribution in [0.3, 0.4) is 0 Å². The van der Waals surface area contributed by atoms with Crippen LogP contribution in [0.25, 0.3) is 0 Å². The number of halogens is 2. The molecule has 0 spiro atoms. The van der Waals surface area contributed by atoms with Gasteiger partial charge in [0.2, 0.25) is 0 Å². The topological polar surface area (TPSA) is 22.1 Å². The molecule has 0 aliphatic rings. The van der Waals surface area contributed by atoms with Crippen LogP contribution in [0.1, 0.15) is 10.7 Å². The van der Waals surface area contributed by atoms with Crippen molar-refractivity contribution in [2.24, 2.45) is 0 Å². The first-order valence-corrected chi connectivity index (χ1v) is 6.31. The Balaban J connectivity index is 2.07. The maximum Gasteiger partial charge on any atom is 0.165 e. The molecule has 16 heavy (non-hydrogen) atoms. The Morgan fingerprint density at radius 3 is 3.00 bits per heavy atom. The maximum atomic E-state index is 13.3. The van der Waals surface area contributed by atoms with Crippen molar-refractivity contribution in [3.63, 3.8) is 0 Å². The Labute approximate surface area is 105 Å². The van der Waals surface area contributed by atoms with E-state index >= 15 is 0 Å². The van der Waals surface area contributed by atoms with Gasteiger partial charge in [-0.15, -0.1) is 11.3 Å². The second-order valence-corrected chi connectivity index (χ2v) is 5.20. The number of ether oxygens (including phenoxy) is 1. The molecule has 1 heterocycles. The van der Waals surface area contributed by atoms with Gasteiger partial charge in [-0.3, -0.25) is 0 Å². The van der Waals surface area contributed by atoms with Gasteiger partial charge < -0.3 is 4.74 Å². The van der Waals surface area contributed by atoms with Crippen molar-refractivity contribution in [1.82, 2.24) is 4.98 Å². The molecule has 2 nitrogen and oxygen atoms in total. The van der Waals surface area contributed by atoms with Gasteiger partial charge in [-0.2, -0.15) is 0 Å². The highest BCUT2D eigenvalue weighted by molar-refractivity contribution is 9.10. The SMILES string of the molecule is Cc1nc(COc2cc(Br)ccc2F)cs1. The maximum absolute atomic E-state index is 13.3. The minimum atomic E-state index is -0.366. The predicted octanol–water partition coefficient (Wildman–Crippen LogP) is 3.93. The number of nitrogens with zero attached hydrogens (tertiary/aromatic N) is 1. The summed E-state index contributed by atoms with van der Waals surface area (Å²) in [6, 6.07) is 4.61. The zero-order valence-electron chi connectivity index (χ0n) is 8.54. The van der Waals surface area contributed by atoms with Crippen LogP contribution in [-0.2, 0) is 6.61 Å². The molecule has 0 atom stereocenters. The Morgan fingerprint density at radius 2 is 2.31 bits per heavy atom. The summed E-state index contributed by atoms with van der Waals surface area (Å²) in [5.74, 6) is -0.129. The Hall–Kier alpha value is -0.940. The van der Waals surface area contributed by atoms with E-state index in [1.165, 1.54) is 6.07 Å². The molecular formula is C11H9BrFNOS. The average Bonchev–Trinajstić information content (AvgIpc) is 2.66. The first kappa shape index (κ1) is 11.5. The number of aromatic nitrogens is 1. The second-order valence-electron chi connectivity index (χ2n) is 3.22. The Morgan fingerprint density at radius 1 is 1.50 bits per heavy atom. The van der Waals surface area contributed by atoms with E-state index < -0.39 is 0 Å². The summed E-state index contributed by atoms with van der Waals surface area (Å²) >= 11 is 4.82. The van der Waals surface area contributed by atoms with Crippen molar-refractivity contribution in [2.75, 3.05) is 0 Å². The van der Waals surface area contributed by atoms with Gasteiger partial charge in [-0.05, 0) is 25.1 Å². The summed E-state index contributed by atoms with van der Waals surface area (Å²) in [7, 11) is 0. The average molecular weight is 302 g/mol. The molecule has 1 aromatic carbocycles. The van der Waals surface area contributed by atoms with E-state index in [2.05, 4.69) is 20.9 Å². The van der Waals surface area contributed by atoms with Gasteiger partial charge in [0.05, 0.1) is 10.7 Å². The minimum absolute atomic E-state index is 0.236. The lowest BCUT2D eigenvalue weighted by molar-refractivity contribution is 0.286. The minimum Gasteiger partial charge on any atom is -0.484 e. The fourth-order valence-electron chi connectivity index (χ4n) is 1.21. The molecule has 0 fully saturated rings. The molecule has 84 valence electrons. The van der Waals surface area contributed by atoms with E-state index in [4.69, 9.17) is 4.74 Å². The van der Waals surface area contributed by atoms with Gasteiger partial charge in [0.25, 0.3) is 0 Å². The fourth-order valence-corrected chi connectivity index (χ4v) is 2.15. The van der Waals surface area contributed by atoms with E-state index in [1.54, 1.807) is 23.5 Å². The standard InChI is InChI=1S/C11H9BrFNOS/c1-7-14-9(6-16-7)5-15-11-4-8(12)2-3-10(11)13/h2-4,6H,5H2,1H3. The van der Waals surface area contributed by atoms with Gasteiger partial charge in [0, 0.05) is 9.85 Å². The third kappa shape index (κ3) is 2.80. The van der Waals surface area contributed by atoms with Crippen LogP contribution in [-0.4, -0.2) is 4.98 Å². The molecule has 0 aliphatic heterocycles. The van der Waals surface area contributed by atoms with Crippen LogP contribution in [0.5, 0.6) is 5.75 Å². The number of hydrogen-bond donors (Lipinski definition) is 0. The van der Waals surface area contributed by atoms with Gasteiger partial charge in [0.15, 0.2) is 11.6 Å². The van der Waals surface area contributed by atoms with Crippen LogP contribution in [0.2, 0.25) is 0 Å². The lowest BCUT2D eigenvalue weighted by Gasteiger charge is -2.05. The van der Waals surface area contributed by atoms with E-state index in [1.807, 2.05) is 12.3 Å². The van der Waals surface area contributed by atoms with E-state index in [9.17, 15) is 4.39 Å². The van der Waals surface area contributed by atoms with Gasteiger partial charge in [-0.25, -0.2) is 9.37 Å². The van der Waals surface area contributed by atoms with Crippen molar-refractivity contribution < 1.29 is 9.13 Å². The normalized spacial score (nSPS) is 10.4. The molecule has 2 aromatic rings. The highest BCUT2D eigenvalue weighted by atomic mass is 79.9. The monoisotopic (exact) mass is 301 g/mol. The summed E-state index contributed by atoms with van der Waals surface area (Å²) in [5.41, 5.74) is 0.821. The largest absolute Gasteiger partial charge is 0.484 e. The highest BCUT2D eigenvalue weighted by Crippen LogP contribution is 2.23. The van der Waals surface area contributed by atoms with E-state index in [0.717, 1.165) is 15.2 Å². The van der Waals surface area contributed by atoms with Crippen molar-refractivity contribution in [3.8, 4) is 5.75 Å². The molecule has 0 unspecified atom stereocenters. The molecule has 2 rings (SSSR count). The second kappa shape index (κ2) is 4.93. The lowest BCUT2D eigenvalue weighted by atomic mass is 10.3. The van der Waals surface area contributed by atoms with Crippen molar-refractivity contribution >= 4 is 27.3 Å². The van der Waals surface area contributed by atoms with Gasteiger partial charge in [-0.1, -0.05) is 15.9 Å². The Bertz CT molecular complexity index is 500. The number of aryl methyl sites for hydroxylation is 1. The number of rotatable bonds is 3. The van der Waals surface area contributed by atoms with Crippen LogP contribution in [0.4, 0.5) is 4.39 Å². The number of benzene rings is 1. The van der Waals surface area contributed by atoms with Crippen molar-refractivity contribution in [1.29, 1.82) is 0 Å². The zero-order chi connectivity index (χ0) is 11.5. The quantitative estimate of drug-likeness (QED) is 0.857. The smallest absolute Gasteiger partial charge is 0.165 e. The molecule has 0 bridgehead atoms. The van der Waals surface area contributed by atoms with E-state index in [0.29, 0.717) is 0 Å². The molecule has 0 aliphatic carbocycles. The molecular weight excluding hydrogens is 293 g/mol. The predicted molar refractivity (Wildman–Crippen MR) is 65.3 cm³/mol. The highest BCUT2D eigenvalue weighted by Gasteiger charge is 2.05. The van der Waals surface area contributed by atoms with Gasteiger partial charge >= 0.3 is 0 Å². The summed E-state index contributed by atoms with van der Waals surface area (Å²) in [6.45, 7) is 2.21. The molecule has 1 aromatic heterocycles. The van der Waals surface area contributed by atoms with Crippen LogP contribution in [0.15, 0.2) is 28.1 Å². The molecule has 0 amide bonds. The summed E-state index contributed by atoms with van der Waals surface area (Å²) in [6.07, 6.45) is 0. The van der Waals surface area contributed by atoms with Crippen LogP contribution in [0, 0.1) is 12.7 Å². The van der Waals surface area contributed by atoms with Crippen LogP contribution < -0.4 is 4.74 Å². The molecule has 5 heteroatoms.